The zero-order valence-electron chi connectivity index (χ0n) is 32.8. The zero-order chi connectivity index (χ0) is 38.6. The summed E-state index contributed by atoms with van der Waals surface area (Å²) < 4.78 is 0. The Morgan fingerprint density at radius 1 is 0.474 bits per heavy atom. The fraction of sp³-hybridized carbons (Fsp3) is 0.107. The second-order valence-corrected chi connectivity index (χ2v) is 15.2. The maximum Gasteiger partial charge on any atom is 0.0468 e. The summed E-state index contributed by atoms with van der Waals surface area (Å²) in [4.78, 5) is 2.40. The number of fused-ring (bicyclic) bond motifs is 1. The first-order valence-electron chi connectivity index (χ1n) is 20.3. The Morgan fingerprint density at radius 2 is 1.14 bits per heavy atom. The molecule has 2 aliphatic rings. The van der Waals surface area contributed by atoms with Crippen LogP contribution in [-0.4, -0.2) is 0 Å². The third-order valence-corrected chi connectivity index (χ3v) is 11.4. The van der Waals surface area contributed by atoms with Gasteiger partial charge in [-0.15, -0.1) is 0 Å². The number of hydrogen-bond acceptors (Lipinski definition) is 1. The topological polar surface area (TPSA) is 3.24 Å². The summed E-state index contributed by atoms with van der Waals surface area (Å²) in [5.41, 5.74) is 20.9. The molecule has 0 unspecified atom stereocenters. The van der Waals surface area contributed by atoms with E-state index in [0.29, 0.717) is 0 Å². The molecule has 0 fully saturated rings. The van der Waals surface area contributed by atoms with Crippen LogP contribution in [0.15, 0.2) is 188 Å². The van der Waals surface area contributed by atoms with Crippen LogP contribution < -0.4 is 4.90 Å². The van der Waals surface area contributed by atoms with Crippen molar-refractivity contribution in [2.45, 2.75) is 39.5 Å². The van der Waals surface area contributed by atoms with Gasteiger partial charge in [-0.25, -0.2) is 0 Å². The highest BCUT2D eigenvalue weighted by molar-refractivity contribution is 5.90. The smallest absolute Gasteiger partial charge is 0.0468 e. The standard InChI is InChI=1S/C56H47N/c1-3-13-46-36-49(23-22-40(46)2)43-26-30-52(31-27-43)57(53-32-28-44(29-33-53)50-25-24-42-16-10-11-19-47(42)37-50)54-34-35-55(56(39-54)45-17-8-5-9-18-45)51-21-12-20-48(38-51)41-14-6-4-7-15-41/h3,5-6,8-10,12-18,20-39H,4,7,11,19H2,1-2H3/b13-3-. The first-order chi connectivity index (χ1) is 28.1. The molecule has 0 aromatic heterocycles. The summed E-state index contributed by atoms with van der Waals surface area (Å²) in [7, 11) is 0. The van der Waals surface area contributed by atoms with Crippen molar-refractivity contribution in [3.05, 3.63) is 216 Å². The SMILES string of the molecule is C/C=C\c1cc(-c2ccc(N(c3ccc(-c4ccc5c(c4)CCC=C5)cc3)c3ccc(-c4cccc(C5=CCCC=C5)c4)c(-c4ccccc4)c3)cc2)ccc1C. The second-order valence-electron chi connectivity index (χ2n) is 15.2. The van der Waals surface area contributed by atoms with Crippen molar-refractivity contribution in [3.8, 4) is 44.5 Å². The number of allylic oxidation sites excluding steroid dienone is 6. The molecule has 7 aromatic carbocycles. The Kier molecular flexibility index (Phi) is 10.2. The molecule has 57 heavy (non-hydrogen) atoms. The lowest BCUT2D eigenvalue weighted by molar-refractivity contribution is 0.986. The third-order valence-electron chi connectivity index (χ3n) is 11.4. The lowest BCUT2D eigenvalue weighted by Crippen LogP contribution is -2.10. The number of aryl methyl sites for hydroxylation is 2. The molecule has 0 heterocycles. The molecule has 7 aromatic rings. The van der Waals surface area contributed by atoms with Crippen LogP contribution in [-0.2, 0) is 6.42 Å². The lowest BCUT2D eigenvalue weighted by atomic mass is 9.91. The summed E-state index contributed by atoms with van der Waals surface area (Å²) in [6.07, 6.45) is 20.1. The highest BCUT2D eigenvalue weighted by Gasteiger charge is 2.18. The van der Waals surface area contributed by atoms with Gasteiger partial charge in [-0.3, -0.25) is 0 Å². The molecule has 0 saturated heterocycles. The number of nitrogens with zero attached hydrogens (tertiary/aromatic N) is 1. The highest BCUT2D eigenvalue weighted by atomic mass is 15.1. The maximum absolute atomic E-state index is 2.40. The highest BCUT2D eigenvalue weighted by Crippen LogP contribution is 2.42. The van der Waals surface area contributed by atoms with Crippen molar-refractivity contribution in [2.24, 2.45) is 0 Å². The van der Waals surface area contributed by atoms with Crippen molar-refractivity contribution < 1.29 is 0 Å². The van der Waals surface area contributed by atoms with Gasteiger partial charge < -0.3 is 4.90 Å². The maximum atomic E-state index is 2.40. The van der Waals surface area contributed by atoms with E-state index in [2.05, 4.69) is 219 Å². The molecule has 0 spiro atoms. The fourth-order valence-corrected chi connectivity index (χ4v) is 8.32. The summed E-state index contributed by atoms with van der Waals surface area (Å²) in [6, 6.07) is 58.6. The summed E-state index contributed by atoms with van der Waals surface area (Å²) >= 11 is 0. The van der Waals surface area contributed by atoms with Gasteiger partial charge >= 0.3 is 0 Å². The van der Waals surface area contributed by atoms with Crippen LogP contribution in [0.1, 0.15) is 54.0 Å². The van der Waals surface area contributed by atoms with Crippen molar-refractivity contribution in [1.82, 2.24) is 0 Å². The monoisotopic (exact) mass is 733 g/mol. The first kappa shape index (κ1) is 36.0. The zero-order valence-corrected chi connectivity index (χ0v) is 32.8. The van der Waals surface area contributed by atoms with E-state index in [-0.39, 0.29) is 0 Å². The second kappa shape index (κ2) is 16.2. The van der Waals surface area contributed by atoms with Crippen LogP contribution in [0.5, 0.6) is 0 Å². The predicted octanol–water partition coefficient (Wildman–Crippen LogP) is 15.9. The van der Waals surface area contributed by atoms with E-state index in [9.17, 15) is 0 Å². The Bertz CT molecular complexity index is 2670. The molecular formula is C56H47N. The Morgan fingerprint density at radius 3 is 1.88 bits per heavy atom. The molecule has 9 rings (SSSR count). The molecule has 2 aliphatic carbocycles. The molecule has 0 radical (unpaired) electrons. The number of benzene rings is 7. The van der Waals surface area contributed by atoms with Gasteiger partial charge in [-0.1, -0.05) is 152 Å². The van der Waals surface area contributed by atoms with Crippen molar-refractivity contribution in [2.75, 3.05) is 4.90 Å². The summed E-state index contributed by atoms with van der Waals surface area (Å²) in [6.45, 7) is 4.25. The minimum Gasteiger partial charge on any atom is -0.310 e. The van der Waals surface area contributed by atoms with E-state index >= 15 is 0 Å². The third kappa shape index (κ3) is 7.62. The lowest BCUT2D eigenvalue weighted by Gasteiger charge is -2.27. The van der Waals surface area contributed by atoms with Crippen LogP contribution in [0.25, 0.3) is 62.2 Å². The molecule has 0 amide bonds. The van der Waals surface area contributed by atoms with E-state index in [1.165, 1.54) is 77.9 Å². The van der Waals surface area contributed by atoms with Gasteiger partial charge in [-0.2, -0.15) is 0 Å². The normalized spacial score (nSPS) is 13.4. The molecule has 0 N–H and O–H groups in total. The first-order valence-corrected chi connectivity index (χ1v) is 20.3. The van der Waals surface area contributed by atoms with Gasteiger partial charge in [0, 0.05) is 17.1 Å². The molecule has 0 saturated carbocycles. The Hall–Kier alpha value is -6.70. The minimum atomic E-state index is 1.09. The number of hydrogen-bond donors (Lipinski definition) is 0. The quantitative estimate of drug-likeness (QED) is 0.143. The van der Waals surface area contributed by atoms with Gasteiger partial charge in [-0.05, 0) is 166 Å². The van der Waals surface area contributed by atoms with Crippen molar-refractivity contribution in [1.29, 1.82) is 0 Å². The van der Waals surface area contributed by atoms with Crippen LogP contribution in [0.3, 0.4) is 0 Å². The summed E-state index contributed by atoms with van der Waals surface area (Å²) in [5.74, 6) is 0. The van der Waals surface area contributed by atoms with E-state index < -0.39 is 0 Å². The van der Waals surface area contributed by atoms with E-state index in [1.54, 1.807) is 0 Å². The van der Waals surface area contributed by atoms with Crippen LogP contribution in [0, 0.1) is 6.92 Å². The summed E-state index contributed by atoms with van der Waals surface area (Å²) in [5, 5.41) is 0. The number of anilines is 3. The van der Waals surface area contributed by atoms with E-state index in [0.717, 1.165) is 42.7 Å². The molecule has 0 bridgehead atoms. The molecule has 1 heteroatoms. The molecule has 276 valence electrons. The molecule has 0 aliphatic heterocycles. The van der Waals surface area contributed by atoms with Crippen LogP contribution in [0.4, 0.5) is 17.1 Å². The molecule has 1 nitrogen and oxygen atoms in total. The Labute approximate surface area is 338 Å². The average Bonchev–Trinajstić information content (AvgIpc) is 3.28. The largest absolute Gasteiger partial charge is 0.310 e. The van der Waals surface area contributed by atoms with E-state index in [1.807, 2.05) is 0 Å². The van der Waals surface area contributed by atoms with Crippen LogP contribution in [0.2, 0.25) is 0 Å². The molecule has 0 atom stereocenters. The van der Waals surface area contributed by atoms with Crippen molar-refractivity contribution >= 4 is 34.8 Å². The number of rotatable bonds is 9. The van der Waals surface area contributed by atoms with Gasteiger partial charge in [0.1, 0.15) is 0 Å². The van der Waals surface area contributed by atoms with Gasteiger partial charge in [0.2, 0.25) is 0 Å². The minimum absolute atomic E-state index is 1.09. The van der Waals surface area contributed by atoms with Gasteiger partial charge in [0.05, 0.1) is 0 Å². The fourth-order valence-electron chi connectivity index (χ4n) is 8.32. The van der Waals surface area contributed by atoms with Gasteiger partial charge in [0.15, 0.2) is 0 Å². The van der Waals surface area contributed by atoms with E-state index in [4.69, 9.17) is 0 Å². The van der Waals surface area contributed by atoms with Crippen LogP contribution >= 0.6 is 0 Å². The average molecular weight is 734 g/mol. The van der Waals surface area contributed by atoms with Crippen molar-refractivity contribution in [3.63, 3.8) is 0 Å². The van der Waals surface area contributed by atoms with Gasteiger partial charge in [0.25, 0.3) is 0 Å². The predicted molar refractivity (Wildman–Crippen MR) is 246 cm³/mol. The Balaban J connectivity index is 1.15. The molecular weight excluding hydrogens is 687 g/mol.